The SMILES string of the molecule is COc1ccc(OC)c([C@@H](c2nnnn2C(C)(C)C)N2CCN(Cc3ccccc3)CC2)c1. The van der Waals surface area contributed by atoms with Gasteiger partial charge in [-0.1, -0.05) is 30.3 Å². The number of hydrogen-bond donors (Lipinski definition) is 0. The number of rotatable bonds is 7. The van der Waals surface area contributed by atoms with E-state index in [4.69, 9.17) is 9.47 Å². The standard InChI is InChI=1S/C25H34N6O2/c1-25(2,3)31-24(26-27-28-31)23(21-17-20(32-4)11-12-22(21)33-5)30-15-13-29(14-16-30)18-19-9-7-6-8-10-19/h6-12,17,23H,13-16,18H2,1-5H3/t23-/m0/s1. The maximum Gasteiger partial charge on any atom is 0.173 e. The van der Waals surface area contributed by atoms with Gasteiger partial charge in [-0.05, 0) is 55.0 Å². The van der Waals surface area contributed by atoms with Crippen molar-refractivity contribution in [2.75, 3.05) is 40.4 Å². The van der Waals surface area contributed by atoms with Gasteiger partial charge in [0.1, 0.15) is 17.5 Å². The molecule has 0 saturated carbocycles. The van der Waals surface area contributed by atoms with E-state index in [2.05, 4.69) is 76.4 Å². The molecule has 8 nitrogen and oxygen atoms in total. The summed E-state index contributed by atoms with van der Waals surface area (Å²) >= 11 is 0. The lowest BCUT2D eigenvalue weighted by atomic mass is 10.00. The highest BCUT2D eigenvalue weighted by molar-refractivity contribution is 5.44. The average molecular weight is 451 g/mol. The Bertz CT molecular complexity index is 1040. The van der Waals surface area contributed by atoms with E-state index in [1.807, 2.05) is 22.9 Å². The van der Waals surface area contributed by atoms with Crippen LogP contribution in [0.3, 0.4) is 0 Å². The highest BCUT2D eigenvalue weighted by Crippen LogP contribution is 2.37. The highest BCUT2D eigenvalue weighted by Gasteiger charge is 2.35. The fraction of sp³-hybridized carbons (Fsp3) is 0.480. The van der Waals surface area contributed by atoms with Gasteiger partial charge in [0.15, 0.2) is 5.82 Å². The summed E-state index contributed by atoms with van der Waals surface area (Å²) < 4.78 is 13.2. The molecule has 2 aromatic carbocycles. The van der Waals surface area contributed by atoms with E-state index in [0.717, 1.165) is 55.6 Å². The Kier molecular flexibility index (Phi) is 6.95. The van der Waals surface area contributed by atoms with Crippen LogP contribution in [-0.2, 0) is 12.1 Å². The first-order valence-corrected chi connectivity index (χ1v) is 11.4. The smallest absolute Gasteiger partial charge is 0.173 e. The van der Waals surface area contributed by atoms with Crippen LogP contribution in [0.25, 0.3) is 0 Å². The first kappa shape index (κ1) is 23.2. The summed E-state index contributed by atoms with van der Waals surface area (Å²) in [5, 5.41) is 12.9. The molecule has 1 aliphatic rings. The van der Waals surface area contributed by atoms with Crippen LogP contribution in [-0.4, -0.2) is 70.4 Å². The molecule has 33 heavy (non-hydrogen) atoms. The topological polar surface area (TPSA) is 68.5 Å². The van der Waals surface area contributed by atoms with E-state index in [9.17, 15) is 0 Å². The first-order valence-electron chi connectivity index (χ1n) is 11.4. The maximum atomic E-state index is 5.77. The van der Waals surface area contributed by atoms with Crippen LogP contribution in [0.5, 0.6) is 11.5 Å². The van der Waals surface area contributed by atoms with Crippen LogP contribution < -0.4 is 9.47 Å². The molecule has 2 heterocycles. The largest absolute Gasteiger partial charge is 0.497 e. The molecule has 0 aliphatic carbocycles. The van der Waals surface area contributed by atoms with Gasteiger partial charge < -0.3 is 9.47 Å². The van der Waals surface area contributed by atoms with Crippen molar-refractivity contribution >= 4 is 0 Å². The molecule has 0 amide bonds. The van der Waals surface area contributed by atoms with Crippen LogP contribution in [0, 0.1) is 0 Å². The predicted molar refractivity (Wildman–Crippen MR) is 127 cm³/mol. The Morgan fingerprint density at radius 1 is 0.939 bits per heavy atom. The number of methoxy groups -OCH3 is 2. The van der Waals surface area contributed by atoms with E-state index in [-0.39, 0.29) is 11.6 Å². The predicted octanol–water partition coefficient (Wildman–Crippen LogP) is 3.35. The summed E-state index contributed by atoms with van der Waals surface area (Å²) in [5.41, 5.74) is 2.10. The summed E-state index contributed by atoms with van der Waals surface area (Å²) in [6, 6.07) is 16.4. The number of aromatic nitrogens is 4. The third kappa shape index (κ3) is 5.17. The number of benzene rings is 2. The molecule has 3 aromatic rings. The zero-order valence-electron chi connectivity index (χ0n) is 20.2. The van der Waals surface area contributed by atoms with Gasteiger partial charge in [0.05, 0.1) is 19.8 Å². The van der Waals surface area contributed by atoms with E-state index < -0.39 is 0 Å². The molecule has 0 bridgehead atoms. The Labute approximate surface area is 196 Å². The number of tetrazole rings is 1. The normalized spacial score (nSPS) is 16.5. The number of hydrogen-bond acceptors (Lipinski definition) is 7. The summed E-state index contributed by atoms with van der Waals surface area (Å²) in [7, 11) is 3.38. The summed E-state index contributed by atoms with van der Waals surface area (Å²) in [6.45, 7) is 11.0. The van der Waals surface area contributed by atoms with Gasteiger partial charge in [-0.2, -0.15) is 0 Å². The van der Waals surface area contributed by atoms with Gasteiger partial charge in [0.25, 0.3) is 0 Å². The number of nitrogens with zero attached hydrogens (tertiary/aromatic N) is 6. The van der Waals surface area contributed by atoms with Crippen molar-refractivity contribution in [2.24, 2.45) is 0 Å². The fourth-order valence-electron chi connectivity index (χ4n) is 4.42. The Balaban J connectivity index is 1.66. The fourth-order valence-corrected chi connectivity index (χ4v) is 4.42. The van der Waals surface area contributed by atoms with E-state index in [1.54, 1.807) is 14.2 Å². The second-order valence-corrected chi connectivity index (χ2v) is 9.43. The van der Waals surface area contributed by atoms with E-state index in [0.29, 0.717) is 0 Å². The maximum absolute atomic E-state index is 5.77. The minimum atomic E-state index is -0.252. The molecule has 1 fully saturated rings. The van der Waals surface area contributed by atoms with Gasteiger partial charge in [-0.3, -0.25) is 9.80 Å². The lowest BCUT2D eigenvalue weighted by molar-refractivity contribution is 0.0969. The molecule has 4 rings (SSSR count). The Morgan fingerprint density at radius 3 is 2.30 bits per heavy atom. The summed E-state index contributed by atoms with van der Waals surface area (Å²) in [5.74, 6) is 2.40. The third-order valence-electron chi connectivity index (χ3n) is 6.13. The van der Waals surface area contributed by atoms with Crippen LogP contribution in [0.2, 0.25) is 0 Å². The molecule has 1 aliphatic heterocycles. The Hall–Kier alpha value is -2.97. The quantitative estimate of drug-likeness (QED) is 0.547. The molecular weight excluding hydrogens is 416 g/mol. The van der Waals surface area contributed by atoms with E-state index >= 15 is 0 Å². The lowest BCUT2D eigenvalue weighted by Crippen LogP contribution is -2.48. The van der Waals surface area contributed by atoms with Crippen LogP contribution >= 0.6 is 0 Å². The number of ether oxygens (including phenoxy) is 2. The van der Waals surface area contributed by atoms with Gasteiger partial charge in [0, 0.05) is 38.3 Å². The van der Waals surface area contributed by atoms with Crippen molar-refractivity contribution in [1.82, 2.24) is 30.0 Å². The van der Waals surface area contributed by atoms with Gasteiger partial charge in [-0.25, -0.2) is 4.68 Å². The molecule has 1 saturated heterocycles. The number of piperazine rings is 1. The first-order chi connectivity index (χ1) is 15.9. The molecule has 1 atom stereocenters. The van der Waals surface area contributed by atoms with E-state index in [1.165, 1.54) is 5.56 Å². The van der Waals surface area contributed by atoms with Gasteiger partial charge in [0.2, 0.25) is 0 Å². The van der Waals surface area contributed by atoms with Crippen molar-refractivity contribution < 1.29 is 9.47 Å². The van der Waals surface area contributed by atoms with Gasteiger partial charge >= 0.3 is 0 Å². The van der Waals surface area contributed by atoms with Crippen molar-refractivity contribution in [3.8, 4) is 11.5 Å². The molecule has 0 spiro atoms. The lowest BCUT2D eigenvalue weighted by Gasteiger charge is -2.40. The zero-order valence-corrected chi connectivity index (χ0v) is 20.2. The third-order valence-corrected chi connectivity index (χ3v) is 6.13. The summed E-state index contributed by atoms with van der Waals surface area (Å²) in [6.07, 6.45) is 0. The van der Waals surface area contributed by atoms with Crippen molar-refractivity contribution in [3.63, 3.8) is 0 Å². The molecule has 1 aromatic heterocycles. The second kappa shape index (κ2) is 9.89. The monoisotopic (exact) mass is 450 g/mol. The highest BCUT2D eigenvalue weighted by atomic mass is 16.5. The van der Waals surface area contributed by atoms with Crippen molar-refractivity contribution in [2.45, 2.75) is 38.9 Å². The molecule has 0 unspecified atom stereocenters. The van der Waals surface area contributed by atoms with Crippen molar-refractivity contribution in [3.05, 3.63) is 65.5 Å². The van der Waals surface area contributed by atoms with Crippen LogP contribution in [0.4, 0.5) is 0 Å². The molecule has 0 N–H and O–H groups in total. The summed E-state index contributed by atoms with van der Waals surface area (Å²) in [4.78, 5) is 4.95. The molecule has 8 heteroatoms. The molecular formula is C25H34N6O2. The minimum Gasteiger partial charge on any atom is -0.497 e. The Morgan fingerprint density at radius 2 is 1.67 bits per heavy atom. The molecule has 176 valence electrons. The second-order valence-electron chi connectivity index (χ2n) is 9.43. The van der Waals surface area contributed by atoms with Crippen molar-refractivity contribution in [1.29, 1.82) is 0 Å². The average Bonchev–Trinajstić information content (AvgIpc) is 3.31. The van der Waals surface area contributed by atoms with Gasteiger partial charge in [-0.15, -0.1) is 5.10 Å². The molecule has 0 radical (unpaired) electrons. The minimum absolute atomic E-state index is 0.150. The zero-order chi connectivity index (χ0) is 23.4. The van der Waals surface area contributed by atoms with Crippen LogP contribution in [0.15, 0.2) is 48.5 Å². The van der Waals surface area contributed by atoms with Crippen LogP contribution in [0.1, 0.15) is 43.8 Å².